The van der Waals surface area contributed by atoms with Crippen molar-refractivity contribution >= 4 is 44.1 Å². The third-order valence-electron chi connectivity index (χ3n) is 6.11. The van der Waals surface area contributed by atoms with Crippen molar-refractivity contribution in [2.75, 3.05) is 25.7 Å². The van der Waals surface area contributed by atoms with Crippen molar-refractivity contribution < 1.29 is 28.9 Å². The Balaban J connectivity index is 1.70. The van der Waals surface area contributed by atoms with E-state index in [1.54, 1.807) is 67.8 Å². The first-order valence-electron chi connectivity index (χ1n) is 11.6. The molecular weight excluding hydrogens is 492 g/mol. The Labute approximate surface area is 217 Å². The van der Waals surface area contributed by atoms with Gasteiger partial charge in [0.2, 0.25) is 0 Å². The van der Waals surface area contributed by atoms with Crippen LogP contribution in [0.25, 0.3) is 16.0 Å². The van der Waals surface area contributed by atoms with Gasteiger partial charge >= 0.3 is 5.91 Å². The smallest absolute Gasteiger partial charge is 0.301 e. The second-order valence-electron chi connectivity index (χ2n) is 8.20. The van der Waals surface area contributed by atoms with E-state index < -0.39 is 17.7 Å². The topological polar surface area (TPSA) is 98.2 Å². The van der Waals surface area contributed by atoms with E-state index in [0.717, 1.165) is 4.70 Å². The van der Waals surface area contributed by atoms with Crippen molar-refractivity contribution in [3.63, 3.8) is 0 Å². The molecule has 1 N–H and O–H groups in total. The molecule has 1 aliphatic heterocycles. The summed E-state index contributed by atoms with van der Waals surface area (Å²) in [6, 6.07) is 18.3. The molecule has 1 aliphatic rings. The van der Waals surface area contributed by atoms with E-state index in [9.17, 15) is 14.7 Å². The van der Waals surface area contributed by atoms with Gasteiger partial charge in [0.15, 0.2) is 5.13 Å². The van der Waals surface area contributed by atoms with E-state index in [1.807, 2.05) is 13.0 Å². The van der Waals surface area contributed by atoms with Crippen molar-refractivity contribution in [3.05, 3.63) is 83.4 Å². The monoisotopic (exact) mass is 516 g/mol. The molecule has 1 amide bonds. The van der Waals surface area contributed by atoms with Gasteiger partial charge in [-0.05, 0) is 55.5 Å². The first-order chi connectivity index (χ1) is 18.0. The molecule has 5 rings (SSSR count). The van der Waals surface area contributed by atoms with E-state index in [1.165, 1.54) is 23.3 Å². The van der Waals surface area contributed by atoms with Crippen LogP contribution in [-0.4, -0.2) is 42.6 Å². The summed E-state index contributed by atoms with van der Waals surface area (Å²) in [5.74, 6) is -0.122. The normalized spacial score (nSPS) is 16.8. The van der Waals surface area contributed by atoms with Gasteiger partial charge in [-0.2, -0.15) is 0 Å². The molecule has 3 aromatic carbocycles. The van der Waals surface area contributed by atoms with Crippen LogP contribution in [0.4, 0.5) is 5.13 Å². The number of ketones is 1. The number of aliphatic hydroxyl groups excluding tert-OH is 1. The summed E-state index contributed by atoms with van der Waals surface area (Å²) in [4.78, 5) is 32.9. The summed E-state index contributed by atoms with van der Waals surface area (Å²) >= 11 is 1.26. The average Bonchev–Trinajstić information content (AvgIpc) is 3.46. The van der Waals surface area contributed by atoms with Crippen LogP contribution < -0.4 is 19.1 Å². The number of thiazole rings is 1. The van der Waals surface area contributed by atoms with Gasteiger partial charge in [-0.25, -0.2) is 4.98 Å². The number of hydrogen-bond donors (Lipinski definition) is 1. The fraction of sp³-hybridized carbons (Fsp3) is 0.179. The minimum absolute atomic E-state index is 0.0458. The lowest BCUT2D eigenvalue weighted by atomic mass is 9.94. The summed E-state index contributed by atoms with van der Waals surface area (Å²) in [6.07, 6.45) is 0. The third kappa shape index (κ3) is 4.27. The Morgan fingerprint density at radius 1 is 1.00 bits per heavy atom. The number of Topliss-reactive ketones (excluding diaryl/α,β-unsaturated/α-hetero) is 1. The average molecular weight is 517 g/mol. The van der Waals surface area contributed by atoms with E-state index in [4.69, 9.17) is 14.2 Å². The molecule has 0 saturated carbocycles. The van der Waals surface area contributed by atoms with Gasteiger partial charge in [-0.3, -0.25) is 14.5 Å². The maximum absolute atomic E-state index is 13.5. The number of methoxy groups -OCH3 is 2. The van der Waals surface area contributed by atoms with E-state index >= 15 is 0 Å². The minimum Gasteiger partial charge on any atom is -0.507 e. The predicted octanol–water partition coefficient (Wildman–Crippen LogP) is 5.34. The lowest BCUT2D eigenvalue weighted by Gasteiger charge is -2.24. The zero-order chi connectivity index (χ0) is 26.1. The third-order valence-corrected chi connectivity index (χ3v) is 7.12. The minimum atomic E-state index is -0.954. The van der Waals surface area contributed by atoms with E-state index in [-0.39, 0.29) is 11.3 Å². The zero-order valence-electron chi connectivity index (χ0n) is 20.4. The molecule has 1 atom stereocenters. The number of ether oxygens (including phenoxy) is 3. The summed E-state index contributed by atoms with van der Waals surface area (Å²) in [5, 5.41) is 11.7. The molecular formula is C28H24N2O6S. The molecule has 1 saturated heterocycles. The molecule has 9 heteroatoms. The Morgan fingerprint density at radius 2 is 1.73 bits per heavy atom. The number of amides is 1. The largest absolute Gasteiger partial charge is 0.507 e. The molecule has 37 heavy (non-hydrogen) atoms. The lowest BCUT2D eigenvalue weighted by molar-refractivity contribution is -0.132. The summed E-state index contributed by atoms with van der Waals surface area (Å²) < 4.78 is 17.2. The highest BCUT2D eigenvalue weighted by molar-refractivity contribution is 7.22. The van der Waals surface area contributed by atoms with Crippen LogP contribution in [0, 0.1) is 0 Å². The highest BCUT2D eigenvalue weighted by Crippen LogP contribution is 2.46. The number of benzene rings is 3. The van der Waals surface area contributed by atoms with Crippen molar-refractivity contribution in [3.8, 4) is 17.2 Å². The lowest BCUT2D eigenvalue weighted by Crippen LogP contribution is -2.29. The van der Waals surface area contributed by atoms with Gasteiger partial charge in [0, 0.05) is 11.1 Å². The second kappa shape index (κ2) is 9.94. The fourth-order valence-corrected chi connectivity index (χ4v) is 5.39. The molecule has 4 aromatic rings. The molecule has 188 valence electrons. The Bertz CT molecular complexity index is 1530. The molecule has 0 aliphatic carbocycles. The van der Waals surface area contributed by atoms with Crippen LogP contribution >= 0.6 is 11.3 Å². The second-order valence-corrected chi connectivity index (χ2v) is 9.21. The standard InChI is InChI=1S/C28H24N2O6S/c1-4-36-17-11-9-16(10-12-17)25(31)23-24(19-7-5-6-8-21(19)35-3)30(27(33)26(23)32)28-29-20-14-13-18(34-2)15-22(20)37-28/h5-15,24,31H,4H2,1-3H3/b25-23+/t24-/m1/s1. The SMILES string of the molecule is CCOc1ccc(/C(O)=C2\C(=O)C(=O)N(c3nc4ccc(OC)cc4s3)[C@@H]2c2ccccc2OC)cc1. The number of hydrogen-bond acceptors (Lipinski definition) is 8. The first kappa shape index (κ1) is 24.3. The van der Waals surface area contributed by atoms with Crippen molar-refractivity contribution in [2.24, 2.45) is 0 Å². The highest BCUT2D eigenvalue weighted by atomic mass is 32.1. The molecule has 0 unspecified atom stereocenters. The molecule has 1 fully saturated rings. The van der Waals surface area contributed by atoms with Gasteiger partial charge in [0.05, 0.1) is 36.6 Å². The highest BCUT2D eigenvalue weighted by Gasteiger charge is 2.49. The number of fused-ring (bicyclic) bond motifs is 1. The summed E-state index contributed by atoms with van der Waals surface area (Å²) in [5.41, 5.74) is 1.55. The number of nitrogens with zero attached hydrogens (tertiary/aromatic N) is 2. The Morgan fingerprint density at radius 3 is 2.43 bits per heavy atom. The van der Waals surface area contributed by atoms with Crippen LogP contribution in [-0.2, 0) is 9.59 Å². The van der Waals surface area contributed by atoms with Gasteiger partial charge in [0.1, 0.15) is 29.0 Å². The van der Waals surface area contributed by atoms with Gasteiger partial charge in [0.25, 0.3) is 5.78 Å². The maximum Gasteiger partial charge on any atom is 0.301 e. The first-order valence-corrected chi connectivity index (χ1v) is 12.4. The number of rotatable bonds is 7. The van der Waals surface area contributed by atoms with Crippen LogP contribution in [0.1, 0.15) is 24.1 Å². The molecule has 8 nitrogen and oxygen atoms in total. The number of aliphatic hydroxyl groups is 1. The molecule has 0 spiro atoms. The van der Waals surface area contributed by atoms with E-state index in [0.29, 0.717) is 45.6 Å². The maximum atomic E-state index is 13.5. The number of carbonyl (C=O) groups excluding carboxylic acids is 2. The molecule has 0 bridgehead atoms. The van der Waals surface area contributed by atoms with Crippen molar-refractivity contribution in [1.29, 1.82) is 0 Å². The van der Waals surface area contributed by atoms with Crippen LogP contribution in [0.3, 0.4) is 0 Å². The van der Waals surface area contributed by atoms with Crippen LogP contribution in [0.5, 0.6) is 17.2 Å². The zero-order valence-corrected chi connectivity index (χ0v) is 21.2. The summed E-state index contributed by atoms with van der Waals surface area (Å²) in [7, 11) is 3.09. The molecule has 2 heterocycles. The van der Waals surface area contributed by atoms with Crippen LogP contribution in [0.2, 0.25) is 0 Å². The quantitative estimate of drug-likeness (QED) is 0.201. The number of anilines is 1. The molecule has 1 aromatic heterocycles. The van der Waals surface area contributed by atoms with Crippen molar-refractivity contribution in [2.45, 2.75) is 13.0 Å². The van der Waals surface area contributed by atoms with Gasteiger partial charge < -0.3 is 19.3 Å². The predicted molar refractivity (Wildman–Crippen MR) is 142 cm³/mol. The molecule has 0 radical (unpaired) electrons. The van der Waals surface area contributed by atoms with Gasteiger partial charge in [-0.1, -0.05) is 29.5 Å². The number of aromatic nitrogens is 1. The van der Waals surface area contributed by atoms with Gasteiger partial charge in [-0.15, -0.1) is 0 Å². The number of para-hydroxylation sites is 1. The van der Waals surface area contributed by atoms with E-state index in [2.05, 4.69) is 4.98 Å². The van der Waals surface area contributed by atoms with Crippen LogP contribution in [0.15, 0.2) is 72.3 Å². The van der Waals surface area contributed by atoms with Crippen molar-refractivity contribution in [1.82, 2.24) is 4.98 Å². The number of carbonyl (C=O) groups is 2. The Kier molecular flexibility index (Phi) is 6.54. The summed E-state index contributed by atoms with van der Waals surface area (Å²) in [6.45, 7) is 2.37. The fourth-order valence-electron chi connectivity index (χ4n) is 4.37. The Hall–Kier alpha value is -4.37.